The molecule has 3 nitrogen and oxygen atoms in total. The summed E-state index contributed by atoms with van der Waals surface area (Å²) in [5.41, 5.74) is 6.91. The van der Waals surface area contributed by atoms with Crippen molar-refractivity contribution in [2.75, 3.05) is 0 Å². The first-order valence-corrected chi connectivity index (χ1v) is 4.30. The van der Waals surface area contributed by atoms with Crippen LogP contribution in [-0.2, 0) is 0 Å². The molecule has 1 aliphatic rings. The summed E-state index contributed by atoms with van der Waals surface area (Å²) in [6.45, 7) is 2.00. The Morgan fingerprint density at radius 3 is 3.00 bits per heavy atom. The van der Waals surface area contributed by atoms with E-state index in [9.17, 15) is 4.79 Å². The molecule has 0 aromatic carbocycles. The van der Waals surface area contributed by atoms with Gasteiger partial charge in [-0.2, -0.15) is 0 Å². The Bertz CT molecular complexity index is 287. The molecule has 0 radical (unpaired) electrons. The van der Waals surface area contributed by atoms with E-state index in [-0.39, 0.29) is 0 Å². The van der Waals surface area contributed by atoms with Crippen molar-refractivity contribution in [3.05, 3.63) is 35.6 Å². The molecule has 0 aromatic rings. The number of primary amides is 1. The maximum Gasteiger partial charge on any atom is 0.316 e. The number of urea groups is 1. The van der Waals surface area contributed by atoms with Crippen molar-refractivity contribution < 1.29 is 4.79 Å². The van der Waals surface area contributed by atoms with Gasteiger partial charge in [-0.1, -0.05) is 17.7 Å². The molecule has 1 aliphatic carbocycles. The molecule has 2 amide bonds. The average molecular weight is 178 g/mol. The lowest BCUT2D eigenvalue weighted by atomic mass is 10.1. The number of carbonyl (C=O) groups is 1. The molecule has 0 aliphatic heterocycles. The number of nitrogens with two attached hydrogens (primary N) is 1. The molecule has 3 heteroatoms. The number of allylic oxidation sites excluding steroid dienone is 5. The number of hydrogen-bond donors (Lipinski definition) is 2. The van der Waals surface area contributed by atoms with Crippen molar-refractivity contribution in [2.45, 2.75) is 19.8 Å². The Morgan fingerprint density at radius 1 is 1.54 bits per heavy atom. The molecule has 0 saturated carbocycles. The topological polar surface area (TPSA) is 55.1 Å². The zero-order chi connectivity index (χ0) is 9.68. The molecular formula is C10H14N2O. The van der Waals surface area contributed by atoms with Gasteiger partial charge in [0.15, 0.2) is 0 Å². The molecule has 0 fully saturated rings. The van der Waals surface area contributed by atoms with Gasteiger partial charge in [0.05, 0.1) is 0 Å². The minimum absolute atomic E-state index is 0.524. The number of nitrogens with one attached hydrogen (secondary N) is 1. The van der Waals surface area contributed by atoms with Gasteiger partial charge in [-0.15, -0.1) is 0 Å². The zero-order valence-electron chi connectivity index (χ0n) is 7.71. The number of hydrogen-bond acceptors (Lipinski definition) is 1. The van der Waals surface area contributed by atoms with Gasteiger partial charge >= 0.3 is 6.03 Å². The summed E-state index contributed by atoms with van der Waals surface area (Å²) in [4.78, 5) is 10.6. The highest BCUT2D eigenvalue weighted by atomic mass is 16.2. The van der Waals surface area contributed by atoms with E-state index in [1.54, 1.807) is 0 Å². The largest absolute Gasteiger partial charge is 0.351 e. The Morgan fingerprint density at radius 2 is 2.31 bits per heavy atom. The van der Waals surface area contributed by atoms with Crippen LogP contribution in [0.25, 0.3) is 0 Å². The van der Waals surface area contributed by atoms with Gasteiger partial charge in [0.1, 0.15) is 0 Å². The van der Waals surface area contributed by atoms with Crippen molar-refractivity contribution in [3.63, 3.8) is 0 Å². The summed E-state index contributed by atoms with van der Waals surface area (Å²) in [6.07, 6.45) is 9.97. The van der Waals surface area contributed by atoms with Crippen molar-refractivity contribution in [1.82, 2.24) is 5.32 Å². The van der Waals surface area contributed by atoms with Crippen LogP contribution in [0.3, 0.4) is 0 Å². The summed E-state index contributed by atoms with van der Waals surface area (Å²) in [6, 6.07) is -0.524. The molecular weight excluding hydrogens is 164 g/mol. The van der Waals surface area contributed by atoms with Gasteiger partial charge in [0.25, 0.3) is 0 Å². The summed E-state index contributed by atoms with van der Waals surface area (Å²) in [7, 11) is 0. The summed E-state index contributed by atoms with van der Waals surface area (Å²) in [5, 5.41) is 2.55. The minimum Gasteiger partial charge on any atom is -0.351 e. The molecule has 0 atom stereocenters. The van der Waals surface area contributed by atoms with E-state index >= 15 is 0 Å². The van der Waals surface area contributed by atoms with Gasteiger partial charge in [-0.3, -0.25) is 0 Å². The third-order valence-electron chi connectivity index (χ3n) is 1.75. The van der Waals surface area contributed by atoms with E-state index < -0.39 is 6.03 Å². The predicted molar refractivity (Wildman–Crippen MR) is 52.9 cm³/mol. The molecule has 3 N–H and O–H groups in total. The quantitative estimate of drug-likeness (QED) is 0.632. The first-order valence-electron chi connectivity index (χ1n) is 4.30. The van der Waals surface area contributed by atoms with Crippen LogP contribution < -0.4 is 11.1 Å². The highest BCUT2D eigenvalue weighted by Crippen LogP contribution is 2.08. The van der Waals surface area contributed by atoms with E-state index in [2.05, 4.69) is 11.4 Å². The Labute approximate surface area is 78.0 Å². The van der Waals surface area contributed by atoms with E-state index in [4.69, 9.17) is 5.73 Å². The van der Waals surface area contributed by atoms with Gasteiger partial charge in [-0.05, 0) is 31.9 Å². The Kier molecular flexibility index (Phi) is 3.31. The molecule has 0 heterocycles. The van der Waals surface area contributed by atoms with Crippen molar-refractivity contribution >= 4 is 6.03 Å². The number of amides is 2. The van der Waals surface area contributed by atoms with Crippen LogP contribution >= 0.6 is 0 Å². The van der Waals surface area contributed by atoms with Crippen molar-refractivity contribution in [2.24, 2.45) is 5.73 Å². The molecule has 1 rings (SSSR count). The minimum atomic E-state index is -0.524. The third-order valence-corrected chi connectivity index (χ3v) is 1.75. The molecule has 0 aromatic heterocycles. The van der Waals surface area contributed by atoms with Gasteiger partial charge < -0.3 is 11.1 Å². The average Bonchev–Trinajstić information content (AvgIpc) is 1.98. The lowest BCUT2D eigenvalue weighted by Crippen LogP contribution is -2.28. The summed E-state index contributed by atoms with van der Waals surface area (Å²) in [5.74, 6) is 0. The molecule has 0 spiro atoms. The van der Waals surface area contributed by atoms with Crippen molar-refractivity contribution in [1.29, 1.82) is 0 Å². The first kappa shape index (κ1) is 9.58. The maximum absolute atomic E-state index is 10.6. The van der Waals surface area contributed by atoms with E-state index in [0.717, 1.165) is 24.1 Å². The van der Waals surface area contributed by atoms with Gasteiger partial charge in [-0.25, -0.2) is 4.79 Å². The van der Waals surface area contributed by atoms with Crippen molar-refractivity contribution in [3.8, 4) is 0 Å². The highest BCUT2D eigenvalue weighted by molar-refractivity contribution is 5.74. The van der Waals surface area contributed by atoms with Crippen LogP contribution in [0.1, 0.15) is 19.8 Å². The van der Waals surface area contributed by atoms with E-state index in [1.165, 1.54) is 0 Å². The summed E-state index contributed by atoms with van der Waals surface area (Å²) >= 11 is 0. The maximum atomic E-state index is 10.6. The fraction of sp³-hybridized carbons (Fsp3) is 0.300. The van der Waals surface area contributed by atoms with Crippen LogP contribution in [0.2, 0.25) is 0 Å². The third kappa shape index (κ3) is 3.60. The highest BCUT2D eigenvalue weighted by Gasteiger charge is 1.97. The number of carbonyl (C=O) groups excluding carboxylic acids is 1. The second-order valence-electron chi connectivity index (χ2n) is 3.02. The molecule has 0 bridgehead atoms. The molecule has 70 valence electrons. The lowest BCUT2D eigenvalue weighted by Gasteiger charge is -2.05. The monoisotopic (exact) mass is 178 g/mol. The van der Waals surface area contributed by atoms with Gasteiger partial charge in [0, 0.05) is 5.70 Å². The van der Waals surface area contributed by atoms with Crippen LogP contribution in [0.15, 0.2) is 35.6 Å². The fourth-order valence-corrected chi connectivity index (χ4v) is 1.19. The second kappa shape index (κ2) is 4.50. The first-order chi connectivity index (χ1) is 6.18. The van der Waals surface area contributed by atoms with Gasteiger partial charge in [0.2, 0.25) is 0 Å². The Hall–Kier alpha value is -1.51. The number of rotatable bonds is 1. The predicted octanol–water partition coefficient (Wildman–Crippen LogP) is 1.83. The smallest absolute Gasteiger partial charge is 0.316 e. The molecule has 13 heavy (non-hydrogen) atoms. The van der Waals surface area contributed by atoms with Crippen LogP contribution in [0, 0.1) is 0 Å². The molecule has 0 unspecified atom stereocenters. The van der Waals surface area contributed by atoms with Crippen LogP contribution in [0.5, 0.6) is 0 Å². The Balaban J connectivity index is 2.78. The zero-order valence-corrected chi connectivity index (χ0v) is 7.71. The fourth-order valence-electron chi connectivity index (χ4n) is 1.19. The second-order valence-corrected chi connectivity index (χ2v) is 3.02. The standard InChI is InChI=1S/C10H14N2O/c1-8-5-3-2-4-6-9(7-8)12-10(11)13/h4-7H,2-3H2,1H3,(H3,11,12,13)/b6-4+,8-5-,9-7+. The summed E-state index contributed by atoms with van der Waals surface area (Å²) < 4.78 is 0. The molecule has 0 saturated heterocycles. The lowest BCUT2D eigenvalue weighted by molar-refractivity contribution is 0.251. The van der Waals surface area contributed by atoms with E-state index in [1.807, 2.05) is 25.2 Å². The van der Waals surface area contributed by atoms with Crippen LogP contribution in [0.4, 0.5) is 4.79 Å². The SMILES string of the molecule is CC1=C/CC/C=C/C(NC(N)=O)=C\1. The van der Waals surface area contributed by atoms with E-state index in [0.29, 0.717) is 0 Å². The normalized spacial score (nSPS) is 27.2. The van der Waals surface area contributed by atoms with Crippen LogP contribution in [-0.4, -0.2) is 6.03 Å².